The van der Waals surface area contributed by atoms with Crippen molar-refractivity contribution >= 4 is 11.7 Å². The molecule has 80 valence electrons. The lowest BCUT2D eigenvalue weighted by Gasteiger charge is -2.14. The summed E-state index contributed by atoms with van der Waals surface area (Å²) in [4.78, 5) is 22.3. The molecule has 0 aromatic heterocycles. The minimum atomic E-state index is -0.555. The minimum Gasteiger partial charge on any atom is -0.344 e. The molecule has 0 aromatic carbocycles. The van der Waals surface area contributed by atoms with Crippen LogP contribution in [0.2, 0.25) is 0 Å². The Labute approximate surface area is 84.2 Å². The average molecular weight is 198 g/mol. The molecular weight excluding hydrogens is 180 g/mol. The summed E-state index contributed by atoms with van der Waals surface area (Å²) < 4.78 is 0. The van der Waals surface area contributed by atoms with Crippen molar-refractivity contribution in [1.82, 2.24) is 5.32 Å². The zero-order valence-electron chi connectivity index (χ0n) is 8.80. The van der Waals surface area contributed by atoms with Crippen molar-refractivity contribution in [3.05, 3.63) is 0 Å². The van der Waals surface area contributed by atoms with E-state index in [4.69, 9.17) is 5.73 Å². The summed E-state index contributed by atoms with van der Waals surface area (Å²) in [5.74, 6) is 0.234. The normalized spacial score (nSPS) is 29.8. The van der Waals surface area contributed by atoms with E-state index in [2.05, 4.69) is 5.32 Å². The van der Waals surface area contributed by atoms with Gasteiger partial charge in [-0.2, -0.15) is 0 Å². The monoisotopic (exact) mass is 198 g/mol. The molecule has 0 aromatic rings. The highest BCUT2D eigenvalue weighted by Gasteiger charge is 2.57. The van der Waals surface area contributed by atoms with Gasteiger partial charge in [0.15, 0.2) is 5.78 Å². The highest BCUT2D eigenvalue weighted by atomic mass is 16.2. The number of hydrogen-bond acceptors (Lipinski definition) is 3. The Balaban J connectivity index is 2.52. The average Bonchev–Trinajstić information content (AvgIpc) is 2.75. The first kappa shape index (κ1) is 11.2. The molecule has 2 unspecified atom stereocenters. The van der Waals surface area contributed by atoms with Gasteiger partial charge in [-0.25, -0.2) is 0 Å². The van der Waals surface area contributed by atoms with Crippen LogP contribution in [-0.4, -0.2) is 23.8 Å². The summed E-state index contributed by atoms with van der Waals surface area (Å²) in [7, 11) is 0. The van der Waals surface area contributed by atoms with E-state index < -0.39 is 5.54 Å². The van der Waals surface area contributed by atoms with Crippen molar-refractivity contribution in [1.29, 1.82) is 0 Å². The molecule has 1 amide bonds. The van der Waals surface area contributed by atoms with Gasteiger partial charge >= 0.3 is 0 Å². The Kier molecular flexibility index (Phi) is 3.26. The second-order valence-electron chi connectivity index (χ2n) is 4.04. The molecule has 2 atom stereocenters. The van der Waals surface area contributed by atoms with E-state index in [1.165, 1.54) is 6.92 Å². The lowest BCUT2D eigenvalue weighted by molar-refractivity contribution is -0.127. The molecule has 1 rings (SSSR count). The Hall–Kier alpha value is -0.900. The van der Waals surface area contributed by atoms with E-state index in [-0.39, 0.29) is 11.7 Å². The Bertz CT molecular complexity index is 253. The molecule has 0 heterocycles. The van der Waals surface area contributed by atoms with Gasteiger partial charge in [0.25, 0.3) is 0 Å². The van der Waals surface area contributed by atoms with Crippen LogP contribution in [0.5, 0.6) is 0 Å². The summed E-state index contributed by atoms with van der Waals surface area (Å²) in [5, 5.41) is 2.76. The van der Waals surface area contributed by atoms with Gasteiger partial charge in [-0.05, 0) is 38.6 Å². The van der Waals surface area contributed by atoms with Crippen molar-refractivity contribution in [2.45, 2.75) is 38.6 Å². The number of rotatable bonds is 5. The van der Waals surface area contributed by atoms with Gasteiger partial charge in [-0.15, -0.1) is 0 Å². The van der Waals surface area contributed by atoms with E-state index in [0.29, 0.717) is 12.5 Å². The summed E-state index contributed by atoms with van der Waals surface area (Å²) in [5.41, 5.74) is 4.84. The van der Waals surface area contributed by atoms with Crippen molar-refractivity contribution in [2.75, 3.05) is 6.54 Å². The molecule has 4 heteroatoms. The molecule has 0 saturated heterocycles. The van der Waals surface area contributed by atoms with E-state index in [1.807, 2.05) is 0 Å². The van der Waals surface area contributed by atoms with Gasteiger partial charge in [0, 0.05) is 6.92 Å². The summed E-state index contributed by atoms with van der Waals surface area (Å²) in [6.45, 7) is 3.63. The first-order chi connectivity index (χ1) is 6.53. The van der Waals surface area contributed by atoms with Crippen LogP contribution in [0.4, 0.5) is 0 Å². The summed E-state index contributed by atoms with van der Waals surface area (Å²) in [6.07, 6.45) is 2.62. The maximum atomic E-state index is 11.4. The third-order valence-corrected chi connectivity index (χ3v) is 2.89. The van der Waals surface area contributed by atoms with Crippen molar-refractivity contribution in [3.63, 3.8) is 0 Å². The topological polar surface area (TPSA) is 72.2 Å². The Morgan fingerprint density at radius 1 is 1.50 bits per heavy atom. The van der Waals surface area contributed by atoms with Gasteiger partial charge in [-0.1, -0.05) is 0 Å². The largest absolute Gasteiger partial charge is 0.344 e. The molecule has 0 radical (unpaired) electrons. The maximum Gasteiger partial charge on any atom is 0.217 e. The zero-order valence-corrected chi connectivity index (χ0v) is 8.80. The predicted octanol–water partition coefficient (Wildman–Crippen LogP) is 0.209. The standard InChI is InChI=1S/C10H18N2O2/c1-7(13)10(12-8(2)14)6-9(10)4-3-5-11/h9H,3-6,11H2,1-2H3,(H,12,14). The molecule has 1 aliphatic rings. The van der Waals surface area contributed by atoms with Gasteiger partial charge in [0.1, 0.15) is 5.54 Å². The van der Waals surface area contributed by atoms with E-state index in [0.717, 1.165) is 19.3 Å². The first-order valence-electron chi connectivity index (χ1n) is 5.03. The smallest absolute Gasteiger partial charge is 0.217 e. The summed E-state index contributed by atoms with van der Waals surface area (Å²) in [6, 6.07) is 0. The third kappa shape index (κ3) is 2.12. The third-order valence-electron chi connectivity index (χ3n) is 2.89. The number of amides is 1. The van der Waals surface area contributed by atoms with E-state index >= 15 is 0 Å². The SMILES string of the molecule is CC(=O)NC1(C(C)=O)CC1CCCN. The highest BCUT2D eigenvalue weighted by molar-refractivity contribution is 5.94. The molecular formula is C10H18N2O2. The summed E-state index contributed by atoms with van der Waals surface area (Å²) >= 11 is 0. The fourth-order valence-corrected chi connectivity index (χ4v) is 2.03. The highest BCUT2D eigenvalue weighted by Crippen LogP contribution is 2.47. The van der Waals surface area contributed by atoms with Gasteiger partial charge < -0.3 is 11.1 Å². The van der Waals surface area contributed by atoms with Crippen LogP contribution in [0.15, 0.2) is 0 Å². The molecule has 1 aliphatic carbocycles. The predicted molar refractivity (Wildman–Crippen MR) is 53.6 cm³/mol. The number of Topliss-reactive ketones (excluding diaryl/α,β-unsaturated/α-hetero) is 1. The fraction of sp³-hybridized carbons (Fsp3) is 0.800. The van der Waals surface area contributed by atoms with Crippen LogP contribution < -0.4 is 11.1 Å². The lowest BCUT2D eigenvalue weighted by atomic mass is 10.1. The molecule has 14 heavy (non-hydrogen) atoms. The molecule has 0 spiro atoms. The van der Waals surface area contributed by atoms with Crippen LogP contribution in [0, 0.1) is 5.92 Å². The van der Waals surface area contributed by atoms with Crippen molar-refractivity contribution in [2.24, 2.45) is 11.7 Å². The van der Waals surface area contributed by atoms with E-state index in [1.54, 1.807) is 6.92 Å². The zero-order chi connectivity index (χ0) is 10.8. The van der Waals surface area contributed by atoms with E-state index in [9.17, 15) is 9.59 Å². The van der Waals surface area contributed by atoms with Crippen molar-refractivity contribution in [3.8, 4) is 0 Å². The quantitative estimate of drug-likeness (QED) is 0.663. The molecule has 0 bridgehead atoms. The molecule has 0 aliphatic heterocycles. The fourth-order valence-electron chi connectivity index (χ4n) is 2.03. The van der Waals surface area contributed by atoms with Crippen LogP contribution in [0.1, 0.15) is 33.1 Å². The lowest BCUT2D eigenvalue weighted by Crippen LogP contribution is -2.42. The van der Waals surface area contributed by atoms with Gasteiger partial charge in [0.2, 0.25) is 5.91 Å². The Morgan fingerprint density at radius 3 is 2.57 bits per heavy atom. The van der Waals surface area contributed by atoms with Crippen LogP contribution >= 0.6 is 0 Å². The number of ketones is 1. The molecule has 1 fully saturated rings. The minimum absolute atomic E-state index is 0.0646. The van der Waals surface area contributed by atoms with Crippen LogP contribution in [0.25, 0.3) is 0 Å². The first-order valence-corrected chi connectivity index (χ1v) is 5.03. The van der Waals surface area contributed by atoms with Crippen LogP contribution in [-0.2, 0) is 9.59 Å². The molecule has 3 N–H and O–H groups in total. The van der Waals surface area contributed by atoms with Gasteiger partial charge in [-0.3, -0.25) is 9.59 Å². The second-order valence-corrected chi connectivity index (χ2v) is 4.04. The maximum absolute atomic E-state index is 11.4. The second kappa shape index (κ2) is 4.09. The number of nitrogens with one attached hydrogen (secondary N) is 1. The Morgan fingerprint density at radius 2 is 2.14 bits per heavy atom. The van der Waals surface area contributed by atoms with Gasteiger partial charge in [0.05, 0.1) is 0 Å². The van der Waals surface area contributed by atoms with Crippen LogP contribution in [0.3, 0.4) is 0 Å². The molecule has 1 saturated carbocycles. The number of carbonyl (C=O) groups is 2. The number of nitrogens with two attached hydrogens (primary N) is 1. The number of hydrogen-bond donors (Lipinski definition) is 2. The molecule has 4 nitrogen and oxygen atoms in total. The number of carbonyl (C=O) groups excluding carboxylic acids is 2. The van der Waals surface area contributed by atoms with Crippen molar-refractivity contribution < 1.29 is 9.59 Å².